The molecule has 1 unspecified atom stereocenters. The van der Waals surface area contributed by atoms with Gasteiger partial charge in [-0.25, -0.2) is 0 Å². The third kappa shape index (κ3) is 2.32. The smallest absolute Gasteiger partial charge is 0.241 e. The Bertz CT molecular complexity index is 332. The first-order valence-corrected chi connectivity index (χ1v) is 4.53. The number of hydrogen-bond donors (Lipinski definition) is 2. The van der Waals surface area contributed by atoms with Crippen molar-refractivity contribution >= 4 is 11.6 Å². The molecule has 0 radical (unpaired) electrons. The summed E-state index contributed by atoms with van der Waals surface area (Å²) in [6.45, 7) is 3.67. The SMILES string of the molecule is CNC(C)C(=O)Nc1cn(C)nc1C. The van der Waals surface area contributed by atoms with E-state index in [1.807, 2.05) is 14.0 Å². The Labute approximate surface area is 83.5 Å². The van der Waals surface area contributed by atoms with Gasteiger partial charge in [0.1, 0.15) is 0 Å². The summed E-state index contributed by atoms with van der Waals surface area (Å²) in [5, 5.41) is 9.80. The van der Waals surface area contributed by atoms with Crippen LogP contribution < -0.4 is 10.6 Å². The van der Waals surface area contributed by atoms with Gasteiger partial charge < -0.3 is 10.6 Å². The summed E-state index contributed by atoms with van der Waals surface area (Å²) in [5.74, 6) is -0.0522. The van der Waals surface area contributed by atoms with Crippen LogP contribution in [-0.4, -0.2) is 28.8 Å². The van der Waals surface area contributed by atoms with Crippen molar-refractivity contribution in [2.75, 3.05) is 12.4 Å². The van der Waals surface area contributed by atoms with E-state index in [2.05, 4.69) is 15.7 Å². The van der Waals surface area contributed by atoms with Crippen molar-refractivity contribution in [2.24, 2.45) is 7.05 Å². The van der Waals surface area contributed by atoms with Gasteiger partial charge in [0.2, 0.25) is 5.91 Å². The number of aromatic nitrogens is 2. The fourth-order valence-electron chi connectivity index (χ4n) is 1.09. The highest BCUT2D eigenvalue weighted by atomic mass is 16.2. The molecule has 5 heteroatoms. The van der Waals surface area contributed by atoms with Crippen molar-refractivity contribution in [3.63, 3.8) is 0 Å². The van der Waals surface area contributed by atoms with Gasteiger partial charge in [-0.1, -0.05) is 0 Å². The molecule has 1 aromatic heterocycles. The number of amides is 1. The number of aryl methyl sites for hydroxylation is 2. The van der Waals surface area contributed by atoms with Gasteiger partial charge in [0.05, 0.1) is 17.4 Å². The number of likely N-dealkylation sites (N-methyl/N-ethyl adjacent to an activating group) is 1. The Balaban J connectivity index is 2.69. The lowest BCUT2D eigenvalue weighted by molar-refractivity contribution is -0.117. The van der Waals surface area contributed by atoms with Gasteiger partial charge in [-0.05, 0) is 20.9 Å². The van der Waals surface area contributed by atoms with Crippen LogP contribution in [0.25, 0.3) is 0 Å². The number of nitrogens with one attached hydrogen (secondary N) is 2. The summed E-state index contributed by atoms with van der Waals surface area (Å²) in [6.07, 6.45) is 1.79. The fraction of sp³-hybridized carbons (Fsp3) is 0.556. The maximum atomic E-state index is 11.5. The zero-order valence-corrected chi connectivity index (χ0v) is 8.96. The lowest BCUT2D eigenvalue weighted by Crippen LogP contribution is -2.35. The van der Waals surface area contributed by atoms with E-state index in [1.54, 1.807) is 24.9 Å². The number of carbonyl (C=O) groups excluding carboxylic acids is 1. The van der Waals surface area contributed by atoms with Crippen molar-refractivity contribution in [1.82, 2.24) is 15.1 Å². The van der Waals surface area contributed by atoms with Gasteiger partial charge in [-0.3, -0.25) is 9.48 Å². The molecule has 1 rings (SSSR count). The summed E-state index contributed by atoms with van der Waals surface area (Å²) < 4.78 is 1.68. The molecule has 1 atom stereocenters. The van der Waals surface area contributed by atoms with Crippen molar-refractivity contribution in [1.29, 1.82) is 0 Å². The van der Waals surface area contributed by atoms with Gasteiger partial charge in [0, 0.05) is 13.2 Å². The van der Waals surface area contributed by atoms with Gasteiger partial charge in [0.25, 0.3) is 0 Å². The van der Waals surface area contributed by atoms with E-state index in [1.165, 1.54) is 0 Å². The highest BCUT2D eigenvalue weighted by Crippen LogP contribution is 2.11. The Morgan fingerprint density at radius 1 is 1.64 bits per heavy atom. The van der Waals surface area contributed by atoms with Crippen LogP contribution in [0.3, 0.4) is 0 Å². The lowest BCUT2D eigenvalue weighted by Gasteiger charge is -2.09. The predicted molar refractivity (Wildman–Crippen MR) is 55.1 cm³/mol. The fourth-order valence-corrected chi connectivity index (χ4v) is 1.09. The normalized spacial score (nSPS) is 12.6. The number of carbonyl (C=O) groups is 1. The molecule has 0 spiro atoms. The lowest BCUT2D eigenvalue weighted by atomic mass is 10.3. The molecule has 0 aliphatic rings. The van der Waals surface area contributed by atoms with Crippen LogP contribution in [0.4, 0.5) is 5.69 Å². The van der Waals surface area contributed by atoms with Gasteiger partial charge in [0.15, 0.2) is 0 Å². The topological polar surface area (TPSA) is 59.0 Å². The van der Waals surface area contributed by atoms with E-state index in [0.29, 0.717) is 0 Å². The van der Waals surface area contributed by atoms with E-state index in [4.69, 9.17) is 0 Å². The summed E-state index contributed by atoms with van der Waals surface area (Å²) >= 11 is 0. The van der Waals surface area contributed by atoms with E-state index < -0.39 is 0 Å². The molecule has 1 amide bonds. The monoisotopic (exact) mass is 196 g/mol. The Kier molecular flexibility index (Phi) is 3.24. The Hall–Kier alpha value is -1.36. The highest BCUT2D eigenvalue weighted by Gasteiger charge is 2.12. The molecule has 2 N–H and O–H groups in total. The number of rotatable bonds is 3. The molecule has 0 saturated heterocycles. The number of nitrogens with zero attached hydrogens (tertiary/aromatic N) is 2. The number of anilines is 1. The van der Waals surface area contributed by atoms with Crippen LogP contribution in [-0.2, 0) is 11.8 Å². The molecule has 14 heavy (non-hydrogen) atoms. The zero-order valence-electron chi connectivity index (χ0n) is 8.96. The Morgan fingerprint density at radius 2 is 2.29 bits per heavy atom. The Morgan fingerprint density at radius 3 is 2.71 bits per heavy atom. The van der Waals surface area contributed by atoms with Gasteiger partial charge >= 0.3 is 0 Å². The standard InChI is InChI=1S/C9H16N4O/c1-6-8(5-13(4)12-6)11-9(14)7(2)10-3/h5,7,10H,1-4H3,(H,11,14). The average molecular weight is 196 g/mol. The first-order valence-electron chi connectivity index (χ1n) is 4.53. The van der Waals surface area contributed by atoms with Crippen LogP contribution in [0.15, 0.2) is 6.20 Å². The highest BCUT2D eigenvalue weighted by molar-refractivity contribution is 5.94. The van der Waals surface area contributed by atoms with E-state index in [0.717, 1.165) is 11.4 Å². The molecule has 0 aliphatic heterocycles. The van der Waals surface area contributed by atoms with Crippen LogP contribution in [0, 0.1) is 6.92 Å². The molecule has 0 saturated carbocycles. The molecule has 1 aromatic rings. The minimum atomic E-state index is -0.199. The molecule has 1 heterocycles. The summed E-state index contributed by atoms with van der Waals surface area (Å²) in [5.41, 5.74) is 1.59. The molecule has 0 aromatic carbocycles. The van der Waals surface area contributed by atoms with Crippen LogP contribution in [0.2, 0.25) is 0 Å². The van der Waals surface area contributed by atoms with Crippen molar-refractivity contribution < 1.29 is 4.79 Å². The van der Waals surface area contributed by atoms with E-state index in [9.17, 15) is 4.79 Å². The molecule has 0 bridgehead atoms. The van der Waals surface area contributed by atoms with Crippen molar-refractivity contribution in [2.45, 2.75) is 19.9 Å². The van der Waals surface area contributed by atoms with Gasteiger partial charge in [-0.2, -0.15) is 5.10 Å². The van der Waals surface area contributed by atoms with Crippen LogP contribution in [0.5, 0.6) is 0 Å². The minimum Gasteiger partial charge on any atom is -0.322 e. The average Bonchev–Trinajstić information content (AvgIpc) is 2.44. The maximum Gasteiger partial charge on any atom is 0.241 e. The second kappa shape index (κ2) is 4.23. The minimum absolute atomic E-state index is 0.0522. The molecule has 78 valence electrons. The van der Waals surface area contributed by atoms with E-state index >= 15 is 0 Å². The molecular weight excluding hydrogens is 180 g/mol. The molecular formula is C9H16N4O. The first kappa shape index (κ1) is 10.7. The molecule has 5 nitrogen and oxygen atoms in total. The summed E-state index contributed by atoms with van der Waals surface area (Å²) in [6, 6.07) is -0.199. The second-order valence-electron chi connectivity index (χ2n) is 3.30. The predicted octanol–water partition coefficient (Wildman–Crippen LogP) is 0.275. The third-order valence-electron chi connectivity index (χ3n) is 2.10. The van der Waals surface area contributed by atoms with Crippen LogP contribution >= 0.6 is 0 Å². The first-order chi connectivity index (χ1) is 6.54. The number of hydrogen-bond acceptors (Lipinski definition) is 3. The quantitative estimate of drug-likeness (QED) is 0.729. The molecule has 0 fully saturated rings. The van der Waals surface area contributed by atoms with Gasteiger partial charge in [-0.15, -0.1) is 0 Å². The van der Waals surface area contributed by atoms with Crippen LogP contribution in [0.1, 0.15) is 12.6 Å². The summed E-state index contributed by atoms with van der Waals surface area (Å²) in [4.78, 5) is 11.5. The second-order valence-corrected chi connectivity index (χ2v) is 3.30. The third-order valence-corrected chi connectivity index (χ3v) is 2.10. The summed E-state index contributed by atoms with van der Waals surface area (Å²) in [7, 11) is 3.57. The zero-order chi connectivity index (χ0) is 10.7. The molecule has 0 aliphatic carbocycles. The maximum absolute atomic E-state index is 11.5. The van der Waals surface area contributed by atoms with Crippen molar-refractivity contribution in [3.05, 3.63) is 11.9 Å². The van der Waals surface area contributed by atoms with Crippen molar-refractivity contribution in [3.8, 4) is 0 Å². The van der Waals surface area contributed by atoms with E-state index in [-0.39, 0.29) is 11.9 Å². The largest absolute Gasteiger partial charge is 0.322 e.